The maximum Gasteiger partial charge on any atom is 0.339 e. The Labute approximate surface area is 78.0 Å². The molecule has 1 N–H and O–H groups in total. The van der Waals surface area contributed by atoms with E-state index in [1.165, 1.54) is 0 Å². The van der Waals surface area contributed by atoms with Crippen LogP contribution >= 0.6 is 12.4 Å². The summed E-state index contributed by atoms with van der Waals surface area (Å²) < 4.78 is 12.5. The molecule has 0 bridgehead atoms. The normalized spacial score (nSPS) is 12.3. The van der Waals surface area contributed by atoms with Crippen LogP contribution in [0.3, 0.4) is 0 Å². The highest BCUT2D eigenvalue weighted by atomic mass is 35.5. The topological polar surface area (TPSA) is 40.5 Å². The fourth-order valence-electron chi connectivity index (χ4n) is 0.787. The Kier molecular flexibility index (Phi) is 8.64. The van der Waals surface area contributed by atoms with E-state index in [1.54, 1.807) is 4.90 Å². The molecule has 74 valence electrons. The van der Waals surface area contributed by atoms with Gasteiger partial charge in [0.25, 0.3) is 0 Å². The standard InChI is InChI=1S/C7H14FNO2.ClH/c1-3-9(4-2)5-6(8)7(10)11;/h6H,3-5H2,1-2H3,(H,10,11);1H/t6-;/m1./s1. The molecule has 0 aromatic heterocycles. The van der Waals surface area contributed by atoms with Crippen LogP contribution in [0.2, 0.25) is 0 Å². The van der Waals surface area contributed by atoms with Crippen LogP contribution in [0, 0.1) is 0 Å². The predicted molar refractivity (Wildman–Crippen MR) is 47.6 cm³/mol. The summed E-state index contributed by atoms with van der Waals surface area (Å²) in [6.45, 7) is 5.10. The maximum absolute atomic E-state index is 12.5. The highest BCUT2D eigenvalue weighted by molar-refractivity contribution is 5.85. The second-order valence-electron chi connectivity index (χ2n) is 2.29. The van der Waals surface area contributed by atoms with E-state index in [-0.39, 0.29) is 19.0 Å². The molecule has 0 amide bonds. The maximum atomic E-state index is 12.5. The first-order valence-electron chi connectivity index (χ1n) is 3.71. The van der Waals surface area contributed by atoms with Crippen molar-refractivity contribution in [1.82, 2.24) is 4.90 Å². The number of nitrogens with zero attached hydrogens (tertiary/aromatic N) is 1. The lowest BCUT2D eigenvalue weighted by Crippen LogP contribution is -2.34. The lowest BCUT2D eigenvalue weighted by molar-refractivity contribution is -0.143. The van der Waals surface area contributed by atoms with Crippen LogP contribution in [0.4, 0.5) is 4.39 Å². The zero-order valence-electron chi connectivity index (χ0n) is 7.29. The van der Waals surface area contributed by atoms with Gasteiger partial charge in [-0.25, -0.2) is 9.18 Å². The first-order chi connectivity index (χ1) is 5.11. The summed E-state index contributed by atoms with van der Waals surface area (Å²) in [4.78, 5) is 11.8. The van der Waals surface area contributed by atoms with Crippen molar-refractivity contribution in [1.29, 1.82) is 0 Å². The first kappa shape index (κ1) is 14.2. The smallest absolute Gasteiger partial charge is 0.339 e. The second kappa shape index (κ2) is 7.31. The Morgan fingerprint density at radius 2 is 1.92 bits per heavy atom. The lowest BCUT2D eigenvalue weighted by atomic mass is 10.3. The fraction of sp³-hybridized carbons (Fsp3) is 0.857. The summed E-state index contributed by atoms with van der Waals surface area (Å²) in [6, 6.07) is 0. The van der Waals surface area contributed by atoms with Gasteiger partial charge in [-0.1, -0.05) is 13.8 Å². The number of carboxylic acids is 1. The van der Waals surface area contributed by atoms with Crippen LogP contribution in [0.1, 0.15) is 13.8 Å². The number of carbonyl (C=O) groups is 1. The van der Waals surface area contributed by atoms with Crippen molar-refractivity contribution in [3.63, 3.8) is 0 Å². The minimum atomic E-state index is -1.75. The second-order valence-corrected chi connectivity index (χ2v) is 2.29. The third kappa shape index (κ3) is 5.32. The van der Waals surface area contributed by atoms with Gasteiger partial charge in [0.15, 0.2) is 0 Å². The van der Waals surface area contributed by atoms with Crippen molar-refractivity contribution >= 4 is 18.4 Å². The lowest BCUT2D eigenvalue weighted by Gasteiger charge is -2.17. The zero-order valence-corrected chi connectivity index (χ0v) is 8.10. The van der Waals surface area contributed by atoms with E-state index in [2.05, 4.69) is 0 Å². The molecule has 0 aromatic rings. The molecule has 0 spiro atoms. The molecule has 0 saturated heterocycles. The molecule has 0 aliphatic rings. The number of carboxylic acid groups (broad SMARTS) is 1. The number of hydrogen-bond acceptors (Lipinski definition) is 2. The van der Waals surface area contributed by atoms with Crippen molar-refractivity contribution in [2.75, 3.05) is 19.6 Å². The van der Waals surface area contributed by atoms with Gasteiger partial charge in [0, 0.05) is 6.54 Å². The molecule has 0 saturated carbocycles. The molecule has 0 heterocycles. The van der Waals surface area contributed by atoms with Crippen molar-refractivity contribution in [3.8, 4) is 0 Å². The molecule has 0 aliphatic heterocycles. The summed E-state index contributed by atoms with van der Waals surface area (Å²) in [5.74, 6) is -1.38. The van der Waals surface area contributed by atoms with Crippen molar-refractivity contribution in [3.05, 3.63) is 0 Å². The molecule has 3 nitrogen and oxygen atoms in total. The quantitative estimate of drug-likeness (QED) is 0.723. The molecule has 5 heteroatoms. The largest absolute Gasteiger partial charge is 0.479 e. The van der Waals surface area contributed by atoms with Gasteiger partial charge < -0.3 is 10.0 Å². The number of aliphatic carboxylic acids is 1. The number of rotatable bonds is 5. The average Bonchev–Trinajstić information content (AvgIpc) is 1.99. The fourth-order valence-corrected chi connectivity index (χ4v) is 0.787. The highest BCUT2D eigenvalue weighted by Gasteiger charge is 2.17. The molecular formula is C7H15ClFNO2. The van der Waals surface area contributed by atoms with Crippen molar-refractivity contribution in [2.45, 2.75) is 20.0 Å². The Hall–Kier alpha value is -0.350. The molecule has 0 aromatic carbocycles. The van der Waals surface area contributed by atoms with E-state index in [9.17, 15) is 9.18 Å². The van der Waals surface area contributed by atoms with E-state index < -0.39 is 12.1 Å². The summed E-state index contributed by atoms with van der Waals surface area (Å²) in [5.41, 5.74) is 0. The molecule has 0 radical (unpaired) electrons. The van der Waals surface area contributed by atoms with Crippen molar-refractivity contribution in [2.24, 2.45) is 0 Å². The highest BCUT2D eigenvalue weighted by Crippen LogP contribution is 1.96. The summed E-state index contributed by atoms with van der Waals surface area (Å²) in [5, 5.41) is 8.22. The average molecular weight is 200 g/mol. The number of hydrogen-bond donors (Lipinski definition) is 1. The van der Waals surface area contributed by atoms with Crippen LogP contribution < -0.4 is 0 Å². The molecule has 0 rings (SSSR count). The van der Waals surface area contributed by atoms with Crippen LogP contribution in [0.5, 0.6) is 0 Å². The molecule has 1 atom stereocenters. The Morgan fingerprint density at radius 1 is 1.50 bits per heavy atom. The molecule has 0 aliphatic carbocycles. The van der Waals surface area contributed by atoms with Crippen molar-refractivity contribution < 1.29 is 14.3 Å². The number of halogens is 2. The predicted octanol–water partition coefficient (Wildman–Crippen LogP) is 1.17. The monoisotopic (exact) mass is 199 g/mol. The Bertz CT molecular complexity index is 131. The number of alkyl halides is 1. The molecule has 12 heavy (non-hydrogen) atoms. The van der Waals surface area contributed by atoms with Gasteiger partial charge in [-0.15, -0.1) is 12.4 Å². The molecular weight excluding hydrogens is 185 g/mol. The van der Waals surface area contributed by atoms with Gasteiger partial charge in [0.1, 0.15) is 0 Å². The minimum Gasteiger partial charge on any atom is -0.479 e. The summed E-state index contributed by atoms with van der Waals surface area (Å²) in [7, 11) is 0. The third-order valence-electron chi connectivity index (χ3n) is 1.58. The van der Waals surface area contributed by atoms with Gasteiger partial charge in [-0.2, -0.15) is 0 Å². The van der Waals surface area contributed by atoms with Crippen LogP contribution in [-0.4, -0.2) is 41.8 Å². The van der Waals surface area contributed by atoms with Gasteiger partial charge in [-0.05, 0) is 13.1 Å². The SMILES string of the molecule is CCN(CC)C[C@@H](F)C(=O)O.Cl. The third-order valence-corrected chi connectivity index (χ3v) is 1.58. The Morgan fingerprint density at radius 3 is 2.17 bits per heavy atom. The minimum absolute atomic E-state index is 0. The summed E-state index contributed by atoms with van der Waals surface area (Å²) in [6.07, 6.45) is -1.75. The first-order valence-corrected chi connectivity index (χ1v) is 3.71. The van der Waals surface area contributed by atoms with Gasteiger partial charge in [-0.3, -0.25) is 0 Å². The van der Waals surface area contributed by atoms with Crippen LogP contribution in [0.15, 0.2) is 0 Å². The van der Waals surface area contributed by atoms with Gasteiger partial charge >= 0.3 is 5.97 Å². The van der Waals surface area contributed by atoms with Crippen LogP contribution in [-0.2, 0) is 4.79 Å². The van der Waals surface area contributed by atoms with E-state index >= 15 is 0 Å². The Balaban J connectivity index is 0. The van der Waals surface area contributed by atoms with E-state index in [1.807, 2.05) is 13.8 Å². The zero-order chi connectivity index (χ0) is 8.85. The van der Waals surface area contributed by atoms with Gasteiger partial charge in [0.05, 0.1) is 0 Å². The van der Waals surface area contributed by atoms with E-state index in [0.717, 1.165) is 0 Å². The van der Waals surface area contributed by atoms with E-state index in [4.69, 9.17) is 5.11 Å². The van der Waals surface area contributed by atoms with Crippen LogP contribution in [0.25, 0.3) is 0 Å². The summed E-state index contributed by atoms with van der Waals surface area (Å²) >= 11 is 0. The van der Waals surface area contributed by atoms with Gasteiger partial charge in [0.2, 0.25) is 6.17 Å². The van der Waals surface area contributed by atoms with E-state index in [0.29, 0.717) is 13.1 Å². The molecule has 0 unspecified atom stereocenters. The molecule has 0 fully saturated rings.